The molecule has 4 rings (SSSR count). The van der Waals surface area contributed by atoms with Gasteiger partial charge in [-0.3, -0.25) is 4.98 Å². The number of nitrogens with zero attached hydrogens (tertiary/aromatic N) is 3. The van der Waals surface area contributed by atoms with Gasteiger partial charge in [-0.15, -0.1) is 24.0 Å². The average Bonchev–Trinajstić information content (AvgIpc) is 3.25. The lowest BCUT2D eigenvalue weighted by Crippen LogP contribution is -2.36. The third-order valence-electron chi connectivity index (χ3n) is 4.78. The van der Waals surface area contributed by atoms with Gasteiger partial charge in [-0.1, -0.05) is 35.9 Å². The Balaban J connectivity index is 0.00000272. The maximum absolute atomic E-state index is 5.64. The third kappa shape index (κ3) is 5.81. The Hall–Kier alpha value is -2.94. The minimum Gasteiger partial charge on any atom is -0.444 e. The number of benzene rings is 2. The van der Waals surface area contributed by atoms with Crippen molar-refractivity contribution in [3.05, 3.63) is 83.9 Å². The number of oxazole rings is 1. The molecule has 31 heavy (non-hydrogen) atoms. The molecule has 160 valence electrons. The van der Waals surface area contributed by atoms with E-state index in [2.05, 4.69) is 45.7 Å². The van der Waals surface area contributed by atoms with Crippen LogP contribution >= 0.6 is 24.0 Å². The number of guanidine groups is 1. The van der Waals surface area contributed by atoms with Gasteiger partial charge < -0.3 is 15.1 Å². The predicted octanol–water partition coefficient (Wildman–Crippen LogP) is 5.07. The summed E-state index contributed by atoms with van der Waals surface area (Å²) in [6, 6.07) is 18.3. The average molecular weight is 527 g/mol. The van der Waals surface area contributed by atoms with Gasteiger partial charge in [-0.25, -0.2) is 9.98 Å². The normalized spacial score (nSPS) is 11.2. The summed E-state index contributed by atoms with van der Waals surface area (Å²) in [5.74, 6) is 1.36. The van der Waals surface area contributed by atoms with Gasteiger partial charge in [0, 0.05) is 23.7 Å². The van der Waals surface area contributed by atoms with Crippen molar-refractivity contribution in [3.63, 3.8) is 0 Å². The largest absolute Gasteiger partial charge is 0.444 e. The summed E-state index contributed by atoms with van der Waals surface area (Å²) in [6.45, 7) is 5.97. The number of aryl methyl sites for hydroxylation is 1. The summed E-state index contributed by atoms with van der Waals surface area (Å²) in [5.41, 5.74) is 5.12. The molecule has 2 heterocycles. The van der Waals surface area contributed by atoms with Crippen LogP contribution in [0.5, 0.6) is 0 Å². The Labute approximate surface area is 199 Å². The van der Waals surface area contributed by atoms with Gasteiger partial charge in [-0.05, 0) is 43.7 Å². The molecule has 0 unspecified atom stereocenters. The van der Waals surface area contributed by atoms with E-state index in [0.29, 0.717) is 19.0 Å². The number of pyridine rings is 1. The van der Waals surface area contributed by atoms with Gasteiger partial charge >= 0.3 is 0 Å². The topological polar surface area (TPSA) is 75.3 Å². The molecule has 0 saturated heterocycles. The fraction of sp³-hybridized carbons (Fsp3) is 0.208. The number of rotatable bonds is 6. The monoisotopic (exact) mass is 527 g/mol. The molecule has 2 N–H and O–H groups in total. The third-order valence-corrected chi connectivity index (χ3v) is 4.78. The first kappa shape index (κ1) is 22.7. The van der Waals surface area contributed by atoms with Crippen LogP contribution < -0.4 is 10.6 Å². The fourth-order valence-electron chi connectivity index (χ4n) is 3.19. The van der Waals surface area contributed by atoms with Crippen LogP contribution in [-0.4, -0.2) is 22.5 Å². The first-order valence-electron chi connectivity index (χ1n) is 10.1. The molecule has 7 heteroatoms. The van der Waals surface area contributed by atoms with Gasteiger partial charge in [0.05, 0.1) is 24.3 Å². The molecule has 6 nitrogen and oxygen atoms in total. The van der Waals surface area contributed by atoms with E-state index in [1.807, 2.05) is 49.5 Å². The summed E-state index contributed by atoms with van der Waals surface area (Å²) >= 11 is 0. The Morgan fingerprint density at radius 3 is 2.65 bits per heavy atom. The van der Waals surface area contributed by atoms with Crippen LogP contribution in [-0.2, 0) is 13.1 Å². The molecule has 0 radical (unpaired) electrons. The van der Waals surface area contributed by atoms with E-state index in [9.17, 15) is 0 Å². The van der Waals surface area contributed by atoms with Crippen molar-refractivity contribution in [1.82, 2.24) is 20.6 Å². The van der Waals surface area contributed by atoms with E-state index in [1.165, 1.54) is 5.56 Å². The zero-order chi connectivity index (χ0) is 20.8. The van der Waals surface area contributed by atoms with Crippen molar-refractivity contribution >= 4 is 40.8 Å². The molecule has 0 atom stereocenters. The lowest BCUT2D eigenvalue weighted by Gasteiger charge is -2.10. The van der Waals surface area contributed by atoms with Gasteiger partial charge in [-0.2, -0.15) is 0 Å². The highest BCUT2D eigenvalue weighted by Gasteiger charge is 2.08. The van der Waals surface area contributed by atoms with Crippen molar-refractivity contribution in [2.45, 2.75) is 26.9 Å². The SMILES string of the molecule is CCNC(=NCc1ccnc2ccccc12)NCc1coc(-c2ccc(C)cc2)n1.I. The van der Waals surface area contributed by atoms with E-state index in [0.717, 1.165) is 40.2 Å². The standard InChI is InChI=1S/C24H25N5O.HI/c1-3-25-24(27-14-19-12-13-26-22-7-5-4-6-21(19)22)28-15-20-16-30-23(29-20)18-10-8-17(2)9-11-18;/h4-13,16H,3,14-15H2,1-2H3,(H2,25,27,28);1H. The number of aromatic nitrogens is 2. The van der Waals surface area contributed by atoms with Crippen molar-refractivity contribution < 1.29 is 4.42 Å². The molecule has 0 saturated carbocycles. The molecule has 0 aliphatic rings. The molecule has 0 aliphatic heterocycles. The molecule has 0 bridgehead atoms. The lowest BCUT2D eigenvalue weighted by molar-refractivity contribution is 0.572. The van der Waals surface area contributed by atoms with E-state index >= 15 is 0 Å². The molecular formula is C24H26IN5O. The number of hydrogen-bond acceptors (Lipinski definition) is 4. The minimum absolute atomic E-state index is 0. The van der Waals surface area contributed by atoms with Crippen molar-refractivity contribution in [2.75, 3.05) is 6.54 Å². The molecule has 2 aromatic carbocycles. The molecule has 0 aliphatic carbocycles. The Morgan fingerprint density at radius 2 is 1.84 bits per heavy atom. The van der Waals surface area contributed by atoms with Crippen molar-refractivity contribution in [2.24, 2.45) is 4.99 Å². The number of hydrogen-bond donors (Lipinski definition) is 2. The predicted molar refractivity (Wildman–Crippen MR) is 135 cm³/mol. The molecular weight excluding hydrogens is 501 g/mol. The maximum Gasteiger partial charge on any atom is 0.226 e. The quantitative estimate of drug-likeness (QED) is 0.208. The molecule has 0 spiro atoms. The van der Waals surface area contributed by atoms with Gasteiger partial charge in [0.25, 0.3) is 0 Å². The number of nitrogens with one attached hydrogen (secondary N) is 2. The minimum atomic E-state index is 0. The maximum atomic E-state index is 5.64. The molecule has 0 fully saturated rings. The van der Waals surface area contributed by atoms with Crippen LogP contribution in [0.1, 0.15) is 23.7 Å². The van der Waals surface area contributed by atoms with Crippen molar-refractivity contribution in [3.8, 4) is 11.5 Å². The summed E-state index contributed by atoms with van der Waals surface area (Å²) in [6.07, 6.45) is 3.51. The molecule has 2 aromatic heterocycles. The van der Waals surface area contributed by atoms with Gasteiger partial charge in [0.1, 0.15) is 6.26 Å². The summed E-state index contributed by atoms with van der Waals surface area (Å²) in [5, 5.41) is 7.73. The number of aliphatic imine (C=N–C) groups is 1. The summed E-state index contributed by atoms with van der Waals surface area (Å²) in [4.78, 5) is 13.7. The zero-order valence-electron chi connectivity index (χ0n) is 17.6. The second-order valence-corrected chi connectivity index (χ2v) is 7.05. The number of para-hydroxylation sites is 1. The van der Waals surface area contributed by atoms with E-state index in [-0.39, 0.29) is 24.0 Å². The van der Waals surface area contributed by atoms with E-state index in [4.69, 9.17) is 9.41 Å². The Bertz CT molecular complexity index is 1150. The number of fused-ring (bicyclic) bond motifs is 1. The van der Waals surface area contributed by atoms with Crippen LogP contribution in [0.2, 0.25) is 0 Å². The van der Waals surface area contributed by atoms with Crippen LogP contribution in [0.25, 0.3) is 22.4 Å². The van der Waals surface area contributed by atoms with E-state index < -0.39 is 0 Å². The fourth-order valence-corrected chi connectivity index (χ4v) is 3.19. The van der Waals surface area contributed by atoms with Crippen molar-refractivity contribution in [1.29, 1.82) is 0 Å². The van der Waals surface area contributed by atoms with Crippen LogP contribution in [0.4, 0.5) is 0 Å². The smallest absolute Gasteiger partial charge is 0.226 e. The first-order chi connectivity index (χ1) is 14.7. The molecule has 0 amide bonds. The summed E-state index contributed by atoms with van der Waals surface area (Å²) in [7, 11) is 0. The lowest BCUT2D eigenvalue weighted by atomic mass is 10.1. The second-order valence-electron chi connectivity index (χ2n) is 7.05. The molecule has 4 aromatic rings. The highest BCUT2D eigenvalue weighted by atomic mass is 127. The Morgan fingerprint density at radius 1 is 1.03 bits per heavy atom. The van der Waals surface area contributed by atoms with Gasteiger partial charge in [0.15, 0.2) is 5.96 Å². The second kappa shape index (κ2) is 10.9. The summed E-state index contributed by atoms with van der Waals surface area (Å²) < 4.78 is 5.64. The van der Waals surface area contributed by atoms with Crippen LogP contribution in [0.15, 0.2) is 76.5 Å². The van der Waals surface area contributed by atoms with Crippen LogP contribution in [0, 0.1) is 6.92 Å². The highest BCUT2D eigenvalue weighted by Crippen LogP contribution is 2.19. The van der Waals surface area contributed by atoms with Gasteiger partial charge in [0.2, 0.25) is 5.89 Å². The van der Waals surface area contributed by atoms with E-state index in [1.54, 1.807) is 6.26 Å². The van der Waals surface area contributed by atoms with Crippen LogP contribution in [0.3, 0.4) is 0 Å². The first-order valence-corrected chi connectivity index (χ1v) is 10.1. The Kier molecular flexibility index (Phi) is 8.00. The highest BCUT2D eigenvalue weighted by molar-refractivity contribution is 14.0. The number of halogens is 1. The zero-order valence-corrected chi connectivity index (χ0v) is 20.0.